The van der Waals surface area contributed by atoms with Crippen LogP contribution in [-0.4, -0.2) is 31.2 Å². The van der Waals surface area contributed by atoms with Gasteiger partial charge in [-0.25, -0.2) is 14.4 Å². The highest BCUT2D eigenvalue weighted by Crippen LogP contribution is 1.97. The van der Waals surface area contributed by atoms with Crippen molar-refractivity contribution in [1.29, 1.82) is 0 Å². The Hall–Kier alpha value is -1.58. The molecule has 3 N–H and O–H groups in total. The summed E-state index contributed by atoms with van der Waals surface area (Å²) in [7, 11) is 0. The summed E-state index contributed by atoms with van der Waals surface area (Å²) in [6.45, 7) is 3.63. The molecule has 0 atom stereocenters. The molecule has 0 aliphatic carbocycles. The maximum absolute atomic E-state index is 8.86. The number of hydrogen-bond acceptors (Lipinski definition) is 3. The topological polar surface area (TPSA) is 112 Å². The SMILES string of the molecule is C=Cc1ccccc1.O=C(O)S.O=C(O)S.O=C(O)S. The van der Waals surface area contributed by atoms with Crippen LogP contribution in [-0.2, 0) is 0 Å². The number of hydrogen-bond donors (Lipinski definition) is 6. The van der Waals surface area contributed by atoms with Gasteiger partial charge in [0.2, 0.25) is 0 Å². The number of carboxylic acid groups (broad SMARTS) is 3. The molecule has 0 radical (unpaired) electrons. The van der Waals surface area contributed by atoms with Crippen LogP contribution in [0.4, 0.5) is 14.4 Å². The average molecular weight is 338 g/mol. The van der Waals surface area contributed by atoms with Crippen LogP contribution in [0.15, 0.2) is 36.9 Å². The molecule has 1 aromatic carbocycles. The van der Waals surface area contributed by atoms with Gasteiger partial charge in [0.1, 0.15) is 0 Å². The second-order valence-electron chi connectivity index (χ2n) is 2.46. The smallest absolute Gasteiger partial charge is 0.361 e. The summed E-state index contributed by atoms with van der Waals surface area (Å²) in [6, 6.07) is 10.0. The van der Waals surface area contributed by atoms with Crippen molar-refractivity contribution in [1.82, 2.24) is 0 Å². The quantitative estimate of drug-likeness (QED) is 0.430. The van der Waals surface area contributed by atoms with E-state index in [0.717, 1.165) is 0 Å². The van der Waals surface area contributed by atoms with Gasteiger partial charge < -0.3 is 15.3 Å². The van der Waals surface area contributed by atoms with Crippen LogP contribution in [0.5, 0.6) is 0 Å². The van der Waals surface area contributed by atoms with Crippen molar-refractivity contribution in [3.8, 4) is 0 Å². The normalized spacial score (nSPS) is 7.15. The Kier molecular flexibility index (Phi) is 20.5. The monoisotopic (exact) mass is 338 g/mol. The van der Waals surface area contributed by atoms with Crippen LogP contribution in [0.2, 0.25) is 0 Å². The fraction of sp³-hybridized carbons (Fsp3) is 0. The maximum Gasteiger partial charge on any atom is 0.361 e. The summed E-state index contributed by atoms with van der Waals surface area (Å²) in [5.41, 5.74) is 1.17. The molecule has 20 heavy (non-hydrogen) atoms. The lowest BCUT2D eigenvalue weighted by molar-refractivity contribution is 0.221. The van der Waals surface area contributed by atoms with Crippen LogP contribution in [0.25, 0.3) is 6.08 Å². The highest BCUT2D eigenvalue weighted by Gasteiger charge is 1.75. The molecule has 0 amide bonds. The van der Waals surface area contributed by atoms with E-state index in [-0.39, 0.29) is 0 Å². The Morgan fingerprint density at radius 2 is 1.10 bits per heavy atom. The number of benzene rings is 1. The molecule has 0 unspecified atom stereocenters. The van der Waals surface area contributed by atoms with E-state index in [2.05, 4.69) is 44.5 Å². The first-order valence-corrected chi connectivity index (χ1v) is 5.90. The Morgan fingerprint density at radius 3 is 1.25 bits per heavy atom. The molecular weight excluding hydrogens is 324 g/mol. The molecule has 0 heterocycles. The largest absolute Gasteiger partial charge is 0.473 e. The van der Waals surface area contributed by atoms with Crippen molar-refractivity contribution in [3.05, 3.63) is 42.5 Å². The average Bonchev–Trinajstić information content (AvgIpc) is 2.28. The fourth-order valence-electron chi connectivity index (χ4n) is 0.589. The third-order valence-corrected chi connectivity index (χ3v) is 1.04. The van der Waals surface area contributed by atoms with Crippen molar-refractivity contribution in [3.63, 3.8) is 0 Å². The van der Waals surface area contributed by atoms with Crippen molar-refractivity contribution < 1.29 is 29.7 Å². The molecular formula is C11H14O6S3. The van der Waals surface area contributed by atoms with Crippen molar-refractivity contribution >= 4 is 59.9 Å². The summed E-state index contributed by atoms with van der Waals surface area (Å²) in [5, 5.41) is 18.4. The van der Waals surface area contributed by atoms with Crippen LogP contribution >= 0.6 is 37.9 Å². The van der Waals surface area contributed by atoms with Gasteiger partial charge in [-0.3, -0.25) is 0 Å². The fourth-order valence-corrected chi connectivity index (χ4v) is 0.589. The minimum absolute atomic E-state index is 1.14. The standard InChI is InChI=1S/C8H8.3CH2O2S/c1-2-8-6-4-3-5-7-8;3*2-1(3)4/h2-7H,1H2;3*4H,(H,2,3). The van der Waals surface area contributed by atoms with E-state index in [0.29, 0.717) is 0 Å². The summed E-state index contributed by atoms with van der Waals surface area (Å²) in [6.07, 6.45) is 1.83. The Labute approximate surface area is 132 Å². The van der Waals surface area contributed by atoms with Crippen LogP contribution in [0.3, 0.4) is 0 Å². The van der Waals surface area contributed by atoms with Crippen molar-refractivity contribution in [2.24, 2.45) is 0 Å². The van der Waals surface area contributed by atoms with Crippen LogP contribution in [0, 0.1) is 0 Å². The molecule has 0 saturated heterocycles. The summed E-state index contributed by atoms with van der Waals surface area (Å²) >= 11 is 8.65. The zero-order chi connectivity index (χ0) is 16.6. The molecule has 0 saturated carbocycles. The van der Waals surface area contributed by atoms with E-state index in [1.807, 2.05) is 36.4 Å². The molecule has 1 aromatic rings. The van der Waals surface area contributed by atoms with E-state index in [9.17, 15) is 0 Å². The summed E-state index contributed by atoms with van der Waals surface area (Å²) < 4.78 is 0. The Morgan fingerprint density at radius 1 is 0.850 bits per heavy atom. The van der Waals surface area contributed by atoms with Crippen LogP contribution < -0.4 is 0 Å². The molecule has 6 nitrogen and oxygen atoms in total. The number of carbonyl (C=O) groups is 3. The van der Waals surface area contributed by atoms with E-state index in [1.165, 1.54) is 5.56 Å². The van der Waals surface area contributed by atoms with Gasteiger partial charge in [-0.15, -0.1) is 0 Å². The molecule has 0 spiro atoms. The van der Waals surface area contributed by atoms with Gasteiger partial charge in [0.05, 0.1) is 0 Å². The molecule has 0 bridgehead atoms. The van der Waals surface area contributed by atoms with Gasteiger partial charge >= 0.3 is 15.9 Å². The summed E-state index contributed by atoms with van der Waals surface area (Å²) in [5.74, 6) is 0. The van der Waals surface area contributed by atoms with Gasteiger partial charge in [-0.1, -0.05) is 80.9 Å². The van der Waals surface area contributed by atoms with Gasteiger partial charge in [0.15, 0.2) is 0 Å². The predicted octanol–water partition coefficient (Wildman–Crippen LogP) is 4.11. The van der Waals surface area contributed by atoms with Gasteiger partial charge in [0.25, 0.3) is 0 Å². The maximum atomic E-state index is 8.86. The highest BCUT2D eigenvalue weighted by atomic mass is 32.1. The second-order valence-corrected chi connectivity index (χ2v) is 3.61. The lowest BCUT2D eigenvalue weighted by atomic mass is 10.2. The first-order chi connectivity index (χ1) is 9.13. The predicted molar refractivity (Wildman–Crippen MR) is 87.6 cm³/mol. The molecule has 9 heteroatoms. The van der Waals surface area contributed by atoms with E-state index in [4.69, 9.17) is 29.7 Å². The lowest BCUT2D eigenvalue weighted by Crippen LogP contribution is -1.67. The van der Waals surface area contributed by atoms with Gasteiger partial charge in [-0.2, -0.15) is 0 Å². The highest BCUT2D eigenvalue weighted by molar-refractivity contribution is 7.96. The van der Waals surface area contributed by atoms with Crippen LogP contribution in [0.1, 0.15) is 5.56 Å². The first kappa shape index (κ1) is 23.5. The molecule has 0 fully saturated rings. The minimum atomic E-state index is -1.14. The zero-order valence-corrected chi connectivity index (χ0v) is 12.8. The van der Waals surface area contributed by atoms with Gasteiger partial charge in [-0.05, 0) is 5.56 Å². The second kappa shape index (κ2) is 17.4. The Balaban J connectivity index is -0.000000209. The van der Waals surface area contributed by atoms with Gasteiger partial charge in [0, 0.05) is 0 Å². The first-order valence-electron chi connectivity index (χ1n) is 4.56. The van der Waals surface area contributed by atoms with E-state index >= 15 is 0 Å². The number of thiol groups is 3. The molecule has 0 aliphatic heterocycles. The van der Waals surface area contributed by atoms with E-state index in [1.54, 1.807) is 0 Å². The summed E-state index contributed by atoms with van der Waals surface area (Å²) in [4.78, 5) is 26.6. The Bertz CT molecular complexity index is 367. The third kappa shape index (κ3) is 55.1. The number of rotatable bonds is 1. The lowest BCUT2D eigenvalue weighted by Gasteiger charge is -1.85. The molecule has 1 rings (SSSR count). The van der Waals surface area contributed by atoms with Crippen molar-refractivity contribution in [2.75, 3.05) is 0 Å². The third-order valence-electron chi connectivity index (χ3n) is 1.04. The molecule has 0 aliphatic rings. The van der Waals surface area contributed by atoms with E-state index < -0.39 is 15.9 Å². The molecule has 112 valence electrons. The zero-order valence-electron chi connectivity index (χ0n) is 10.1. The van der Waals surface area contributed by atoms with Crippen molar-refractivity contribution in [2.45, 2.75) is 0 Å². The minimum Gasteiger partial charge on any atom is -0.473 e. The molecule has 0 aromatic heterocycles.